The molecule has 1 N–H and O–H groups in total. The monoisotopic (exact) mass is 426 g/mol. The van der Waals surface area contributed by atoms with Crippen LogP contribution in [0.2, 0.25) is 5.02 Å². The van der Waals surface area contributed by atoms with E-state index >= 15 is 0 Å². The Balaban J connectivity index is 1.78. The van der Waals surface area contributed by atoms with E-state index in [1.807, 2.05) is 37.3 Å². The van der Waals surface area contributed by atoms with Crippen molar-refractivity contribution in [2.75, 3.05) is 13.2 Å². The lowest BCUT2D eigenvalue weighted by Crippen LogP contribution is -2.31. The van der Waals surface area contributed by atoms with Gasteiger partial charge < -0.3 is 14.8 Å². The molecule has 0 unspecified atom stereocenters. The van der Waals surface area contributed by atoms with Gasteiger partial charge in [0.1, 0.15) is 13.2 Å². The molecule has 0 spiro atoms. The number of amides is 1. The normalized spacial score (nSPS) is 10.6. The highest BCUT2D eigenvalue weighted by atomic mass is 35.5. The summed E-state index contributed by atoms with van der Waals surface area (Å²) in [7, 11) is 0. The van der Waals surface area contributed by atoms with Gasteiger partial charge >= 0.3 is 5.97 Å². The van der Waals surface area contributed by atoms with Gasteiger partial charge in [-0.15, -0.1) is 0 Å². The van der Waals surface area contributed by atoms with Gasteiger partial charge in [0, 0.05) is 10.4 Å². The van der Waals surface area contributed by atoms with E-state index in [2.05, 4.69) is 10.3 Å². The number of rotatable bonds is 9. The number of nitrogens with one attached hydrogen (secondary N) is 1. The van der Waals surface area contributed by atoms with Crippen molar-refractivity contribution in [3.05, 3.63) is 70.9 Å². The van der Waals surface area contributed by atoms with E-state index in [9.17, 15) is 9.59 Å². The molecule has 0 radical (unpaired) electrons. The van der Waals surface area contributed by atoms with E-state index in [0.29, 0.717) is 22.9 Å². The second-order valence-electron chi connectivity index (χ2n) is 6.70. The first-order valence-corrected chi connectivity index (χ1v) is 10.2. The fourth-order valence-corrected chi connectivity index (χ4v) is 2.93. The Morgan fingerprint density at radius 2 is 1.90 bits per heavy atom. The minimum absolute atomic E-state index is 0.0992. The molecule has 1 aromatic heterocycles. The van der Waals surface area contributed by atoms with Gasteiger partial charge in [0.25, 0.3) is 5.91 Å². The predicted molar refractivity (Wildman–Crippen MR) is 116 cm³/mol. The van der Waals surface area contributed by atoms with Crippen molar-refractivity contribution in [2.24, 2.45) is 0 Å². The van der Waals surface area contributed by atoms with Crippen LogP contribution in [0.25, 0.3) is 10.9 Å². The van der Waals surface area contributed by atoms with Gasteiger partial charge in [0.05, 0.1) is 12.1 Å². The Morgan fingerprint density at radius 1 is 1.10 bits per heavy atom. The summed E-state index contributed by atoms with van der Waals surface area (Å²) in [5.41, 5.74) is 1.65. The zero-order chi connectivity index (χ0) is 21.3. The standard InChI is InChI=1S/C23H23ClN2O4/c1-2-3-11-29-21(27)14-25-23(28)22-20(30-15-16-7-5-4-6-8-16)13-17-12-18(24)9-10-19(17)26-22/h4-10,12-13H,2-3,11,14-15H2,1H3,(H,25,28). The van der Waals surface area contributed by atoms with Crippen molar-refractivity contribution in [1.82, 2.24) is 10.3 Å². The minimum Gasteiger partial charge on any atom is -0.486 e. The number of fused-ring (bicyclic) bond motifs is 1. The molecular weight excluding hydrogens is 404 g/mol. The van der Waals surface area contributed by atoms with Crippen LogP contribution in [-0.2, 0) is 16.1 Å². The molecule has 0 aliphatic heterocycles. The number of ether oxygens (including phenoxy) is 2. The predicted octanol–water partition coefficient (Wildman–Crippen LogP) is 4.54. The molecule has 7 heteroatoms. The fourth-order valence-electron chi connectivity index (χ4n) is 2.75. The number of aromatic nitrogens is 1. The van der Waals surface area contributed by atoms with E-state index in [1.165, 1.54) is 0 Å². The second-order valence-corrected chi connectivity index (χ2v) is 7.14. The molecular formula is C23H23ClN2O4. The van der Waals surface area contributed by atoms with Gasteiger partial charge in [-0.05, 0) is 36.2 Å². The molecule has 0 saturated carbocycles. The highest BCUT2D eigenvalue weighted by Crippen LogP contribution is 2.26. The average molecular weight is 427 g/mol. The summed E-state index contributed by atoms with van der Waals surface area (Å²) in [6.07, 6.45) is 1.71. The Labute approximate surface area is 180 Å². The number of esters is 1. The van der Waals surface area contributed by atoms with Crippen molar-refractivity contribution in [3.8, 4) is 5.75 Å². The van der Waals surface area contributed by atoms with E-state index in [0.717, 1.165) is 23.8 Å². The second kappa shape index (κ2) is 10.6. The minimum atomic E-state index is -0.512. The molecule has 3 aromatic rings. The van der Waals surface area contributed by atoms with Gasteiger partial charge in [-0.1, -0.05) is 55.3 Å². The third kappa shape index (κ3) is 5.94. The summed E-state index contributed by atoms with van der Waals surface area (Å²) in [5.74, 6) is -0.691. The third-order valence-corrected chi connectivity index (χ3v) is 4.58. The molecule has 6 nitrogen and oxygen atoms in total. The third-order valence-electron chi connectivity index (χ3n) is 4.35. The summed E-state index contributed by atoms with van der Waals surface area (Å²) in [6, 6.07) is 16.5. The zero-order valence-electron chi connectivity index (χ0n) is 16.7. The van der Waals surface area contributed by atoms with Crippen LogP contribution in [0.15, 0.2) is 54.6 Å². The summed E-state index contributed by atoms with van der Waals surface area (Å²) in [5, 5.41) is 3.87. The Kier molecular flexibility index (Phi) is 7.63. The molecule has 156 valence electrons. The molecule has 0 aliphatic carbocycles. The number of hydrogen-bond donors (Lipinski definition) is 1. The fraction of sp³-hybridized carbons (Fsp3) is 0.261. The maximum atomic E-state index is 12.7. The van der Waals surface area contributed by atoms with E-state index in [1.54, 1.807) is 24.3 Å². The van der Waals surface area contributed by atoms with Crippen LogP contribution < -0.4 is 10.1 Å². The Bertz CT molecular complexity index is 1020. The first-order valence-electron chi connectivity index (χ1n) is 9.77. The number of nitrogens with zero attached hydrogens (tertiary/aromatic N) is 1. The Hall–Kier alpha value is -3.12. The number of halogens is 1. The quantitative estimate of drug-likeness (QED) is 0.401. The van der Waals surface area contributed by atoms with Crippen molar-refractivity contribution < 1.29 is 19.1 Å². The summed E-state index contributed by atoms with van der Waals surface area (Å²) < 4.78 is 11.0. The van der Waals surface area contributed by atoms with Crippen LogP contribution in [-0.4, -0.2) is 30.0 Å². The van der Waals surface area contributed by atoms with Crippen molar-refractivity contribution >= 4 is 34.4 Å². The lowest BCUT2D eigenvalue weighted by atomic mass is 10.1. The Morgan fingerprint density at radius 3 is 2.67 bits per heavy atom. The summed E-state index contributed by atoms with van der Waals surface area (Å²) in [4.78, 5) is 29.0. The van der Waals surface area contributed by atoms with Crippen LogP contribution in [0.1, 0.15) is 35.8 Å². The van der Waals surface area contributed by atoms with E-state index in [-0.39, 0.29) is 18.8 Å². The van der Waals surface area contributed by atoms with Gasteiger partial charge in [-0.3, -0.25) is 9.59 Å². The molecule has 0 aliphatic rings. The SMILES string of the molecule is CCCCOC(=O)CNC(=O)c1nc2ccc(Cl)cc2cc1OCc1ccccc1. The van der Waals surface area contributed by atoms with Crippen LogP contribution >= 0.6 is 11.6 Å². The average Bonchev–Trinajstić information content (AvgIpc) is 2.76. The number of unbranched alkanes of at least 4 members (excludes halogenated alkanes) is 1. The maximum Gasteiger partial charge on any atom is 0.325 e. The van der Waals surface area contributed by atoms with Crippen molar-refractivity contribution in [1.29, 1.82) is 0 Å². The van der Waals surface area contributed by atoms with Crippen LogP contribution in [0, 0.1) is 0 Å². The lowest BCUT2D eigenvalue weighted by Gasteiger charge is -2.13. The number of carbonyl (C=O) groups excluding carboxylic acids is 2. The summed E-state index contributed by atoms with van der Waals surface area (Å²) in [6.45, 7) is 2.38. The molecule has 2 aromatic carbocycles. The topological polar surface area (TPSA) is 77.5 Å². The summed E-state index contributed by atoms with van der Waals surface area (Å²) >= 11 is 6.08. The van der Waals surface area contributed by atoms with Crippen molar-refractivity contribution in [2.45, 2.75) is 26.4 Å². The molecule has 1 amide bonds. The smallest absolute Gasteiger partial charge is 0.325 e. The zero-order valence-corrected chi connectivity index (χ0v) is 17.4. The molecule has 3 rings (SSSR count). The van der Waals surface area contributed by atoms with Gasteiger partial charge in [-0.2, -0.15) is 0 Å². The van der Waals surface area contributed by atoms with Crippen LogP contribution in [0.5, 0.6) is 5.75 Å². The lowest BCUT2D eigenvalue weighted by molar-refractivity contribution is -0.142. The number of hydrogen-bond acceptors (Lipinski definition) is 5. The van der Waals surface area contributed by atoms with E-state index in [4.69, 9.17) is 21.1 Å². The first-order chi connectivity index (χ1) is 14.6. The largest absolute Gasteiger partial charge is 0.486 e. The number of pyridine rings is 1. The van der Waals surface area contributed by atoms with Crippen LogP contribution in [0.3, 0.4) is 0 Å². The molecule has 0 atom stereocenters. The molecule has 0 fully saturated rings. The molecule has 1 heterocycles. The molecule has 30 heavy (non-hydrogen) atoms. The first kappa shape index (κ1) is 21.6. The maximum absolute atomic E-state index is 12.7. The van der Waals surface area contributed by atoms with Gasteiger partial charge in [-0.25, -0.2) is 4.98 Å². The highest BCUT2D eigenvalue weighted by Gasteiger charge is 2.18. The number of benzene rings is 2. The molecule has 0 saturated heterocycles. The van der Waals surface area contributed by atoms with Crippen LogP contribution in [0.4, 0.5) is 0 Å². The van der Waals surface area contributed by atoms with Gasteiger partial charge in [0.15, 0.2) is 11.4 Å². The van der Waals surface area contributed by atoms with Gasteiger partial charge in [0.2, 0.25) is 0 Å². The van der Waals surface area contributed by atoms with E-state index < -0.39 is 11.9 Å². The highest BCUT2D eigenvalue weighted by molar-refractivity contribution is 6.31. The number of carbonyl (C=O) groups is 2. The molecule has 0 bridgehead atoms. The van der Waals surface area contributed by atoms with Crippen molar-refractivity contribution in [3.63, 3.8) is 0 Å².